The molecule has 5 heteroatoms. The molecule has 88 valence electrons. The summed E-state index contributed by atoms with van der Waals surface area (Å²) in [6.07, 6.45) is 2.75. The van der Waals surface area contributed by atoms with Gasteiger partial charge < -0.3 is 5.32 Å². The minimum Gasteiger partial charge on any atom is -0.381 e. The van der Waals surface area contributed by atoms with Gasteiger partial charge >= 0.3 is 0 Å². The van der Waals surface area contributed by atoms with Crippen LogP contribution in [0.25, 0.3) is 0 Å². The number of hydrogen-bond donors (Lipinski definition) is 1. The van der Waals surface area contributed by atoms with Crippen molar-refractivity contribution in [3.05, 3.63) is 24.3 Å². The van der Waals surface area contributed by atoms with Crippen LogP contribution in [-0.2, 0) is 9.84 Å². The minimum absolute atomic E-state index is 0.0742. The van der Waals surface area contributed by atoms with Gasteiger partial charge in [0.15, 0.2) is 9.84 Å². The van der Waals surface area contributed by atoms with Gasteiger partial charge in [-0.3, -0.25) is 0 Å². The summed E-state index contributed by atoms with van der Waals surface area (Å²) in [5.74, 6) is 0.574. The van der Waals surface area contributed by atoms with Crippen LogP contribution in [0.3, 0.4) is 0 Å². The van der Waals surface area contributed by atoms with Gasteiger partial charge in [-0.2, -0.15) is 0 Å². The lowest BCUT2D eigenvalue weighted by Crippen LogP contribution is -2.20. The lowest BCUT2D eigenvalue weighted by Gasteiger charge is -2.12. The second kappa shape index (κ2) is 4.67. The van der Waals surface area contributed by atoms with Crippen molar-refractivity contribution in [1.82, 2.24) is 0 Å². The van der Waals surface area contributed by atoms with Crippen molar-refractivity contribution in [1.29, 1.82) is 0 Å². The zero-order valence-corrected chi connectivity index (χ0v) is 10.8. The summed E-state index contributed by atoms with van der Waals surface area (Å²) in [5, 5.41) is 3.26. The SMILES string of the molecule is CSc1ccc(NC2CCS(=O)(=O)C2)cc1. The molecule has 1 aromatic carbocycles. The molecule has 1 aliphatic rings. The number of benzene rings is 1. The van der Waals surface area contributed by atoms with E-state index in [0.29, 0.717) is 12.2 Å². The lowest BCUT2D eigenvalue weighted by atomic mass is 10.2. The van der Waals surface area contributed by atoms with E-state index in [-0.39, 0.29) is 11.8 Å². The monoisotopic (exact) mass is 257 g/mol. The van der Waals surface area contributed by atoms with Crippen LogP contribution in [0, 0.1) is 0 Å². The van der Waals surface area contributed by atoms with Crippen molar-refractivity contribution in [2.45, 2.75) is 17.4 Å². The average Bonchev–Trinajstić information content (AvgIpc) is 2.59. The molecule has 1 atom stereocenters. The van der Waals surface area contributed by atoms with Crippen molar-refractivity contribution >= 4 is 27.3 Å². The first kappa shape index (κ1) is 11.8. The zero-order chi connectivity index (χ0) is 11.6. The molecule has 0 radical (unpaired) electrons. The number of sulfone groups is 1. The molecule has 0 bridgehead atoms. The number of nitrogens with one attached hydrogen (secondary N) is 1. The van der Waals surface area contributed by atoms with Crippen molar-refractivity contribution in [3.63, 3.8) is 0 Å². The third-order valence-electron chi connectivity index (χ3n) is 2.69. The highest BCUT2D eigenvalue weighted by atomic mass is 32.2. The highest BCUT2D eigenvalue weighted by molar-refractivity contribution is 7.98. The van der Waals surface area contributed by atoms with Crippen molar-refractivity contribution in [2.24, 2.45) is 0 Å². The highest BCUT2D eigenvalue weighted by Gasteiger charge is 2.27. The van der Waals surface area contributed by atoms with Crippen LogP contribution in [0.2, 0.25) is 0 Å². The maximum absolute atomic E-state index is 11.3. The molecule has 1 aromatic rings. The fourth-order valence-electron chi connectivity index (χ4n) is 1.83. The van der Waals surface area contributed by atoms with Crippen molar-refractivity contribution < 1.29 is 8.42 Å². The fourth-order valence-corrected chi connectivity index (χ4v) is 3.91. The van der Waals surface area contributed by atoms with Gasteiger partial charge in [-0.15, -0.1) is 11.8 Å². The Morgan fingerprint density at radius 1 is 1.31 bits per heavy atom. The fraction of sp³-hybridized carbons (Fsp3) is 0.455. The van der Waals surface area contributed by atoms with E-state index in [2.05, 4.69) is 5.32 Å². The summed E-state index contributed by atoms with van der Waals surface area (Å²) in [7, 11) is -2.80. The molecule has 0 aromatic heterocycles. The van der Waals surface area contributed by atoms with Crippen LogP contribution in [0.15, 0.2) is 29.2 Å². The molecule has 0 saturated carbocycles. The number of rotatable bonds is 3. The van der Waals surface area contributed by atoms with E-state index in [9.17, 15) is 8.42 Å². The van der Waals surface area contributed by atoms with Crippen LogP contribution in [0.1, 0.15) is 6.42 Å². The summed E-state index contributed by atoms with van der Waals surface area (Å²) in [6.45, 7) is 0. The third-order valence-corrected chi connectivity index (χ3v) is 5.20. The zero-order valence-electron chi connectivity index (χ0n) is 9.14. The summed E-state index contributed by atoms with van der Waals surface area (Å²) in [4.78, 5) is 1.21. The van der Waals surface area contributed by atoms with Crippen LogP contribution < -0.4 is 5.32 Å². The maximum atomic E-state index is 11.3. The number of anilines is 1. The van der Waals surface area contributed by atoms with Gasteiger partial charge in [0, 0.05) is 16.6 Å². The Kier molecular flexibility index (Phi) is 3.44. The van der Waals surface area contributed by atoms with Gasteiger partial charge in [-0.1, -0.05) is 0 Å². The molecule has 1 saturated heterocycles. The summed E-state index contributed by atoms with van der Waals surface area (Å²) >= 11 is 1.70. The summed E-state index contributed by atoms with van der Waals surface area (Å²) < 4.78 is 22.6. The maximum Gasteiger partial charge on any atom is 0.152 e. The Hall–Kier alpha value is -0.680. The second-order valence-corrected chi connectivity index (χ2v) is 7.08. The molecule has 1 aliphatic heterocycles. The van der Waals surface area contributed by atoms with Gasteiger partial charge in [-0.25, -0.2) is 8.42 Å². The van der Waals surface area contributed by atoms with Crippen molar-refractivity contribution in [3.8, 4) is 0 Å². The topological polar surface area (TPSA) is 46.2 Å². The standard InChI is InChI=1S/C11H15NO2S2/c1-15-11-4-2-9(3-5-11)12-10-6-7-16(13,14)8-10/h2-5,10,12H,6-8H2,1H3. The Morgan fingerprint density at radius 3 is 2.50 bits per heavy atom. The first-order valence-electron chi connectivity index (χ1n) is 5.20. The van der Waals surface area contributed by atoms with Crippen LogP contribution in [0.5, 0.6) is 0 Å². The second-order valence-electron chi connectivity index (χ2n) is 3.97. The molecule has 0 spiro atoms. The molecule has 1 fully saturated rings. The van der Waals surface area contributed by atoms with Gasteiger partial charge in [0.05, 0.1) is 11.5 Å². The Bertz CT molecular complexity index is 453. The van der Waals surface area contributed by atoms with E-state index in [0.717, 1.165) is 5.69 Å². The molecular formula is C11H15NO2S2. The van der Waals surface area contributed by atoms with Gasteiger partial charge in [0.2, 0.25) is 0 Å². The quantitative estimate of drug-likeness (QED) is 0.841. The summed E-state index contributed by atoms with van der Waals surface area (Å²) in [6, 6.07) is 8.14. The van der Waals surface area contributed by atoms with E-state index in [1.54, 1.807) is 11.8 Å². The van der Waals surface area contributed by atoms with Gasteiger partial charge in [-0.05, 0) is 36.9 Å². The van der Waals surface area contributed by atoms with Crippen LogP contribution in [-0.4, -0.2) is 32.2 Å². The van der Waals surface area contributed by atoms with E-state index in [1.165, 1.54) is 4.90 Å². The molecule has 1 N–H and O–H groups in total. The Morgan fingerprint density at radius 2 is 2.00 bits per heavy atom. The van der Waals surface area contributed by atoms with Crippen LogP contribution >= 0.6 is 11.8 Å². The normalized spacial score (nSPS) is 23.2. The first-order chi connectivity index (χ1) is 7.59. The number of hydrogen-bond acceptors (Lipinski definition) is 4. The highest BCUT2D eigenvalue weighted by Crippen LogP contribution is 2.20. The largest absolute Gasteiger partial charge is 0.381 e. The molecule has 2 rings (SSSR count). The summed E-state index contributed by atoms with van der Waals surface area (Å²) in [5.41, 5.74) is 1.000. The predicted octanol–water partition coefficient (Wildman–Crippen LogP) is 2.01. The molecule has 3 nitrogen and oxygen atoms in total. The van der Waals surface area contributed by atoms with E-state index in [1.807, 2.05) is 30.5 Å². The minimum atomic E-state index is -2.80. The van der Waals surface area contributed by atoms with Crippen molar-refractivity contribution in [2.75, 3.05) is 23.1 Å². The molecule has 0 aliphatic carbocycles. The molecule has 16 heavy (non-hydrogen) atoms. The van der Waals surface area contributed by atoms with Gasteiger partial charge in [0.1, 0.15) is 0 Å². The van der Waals surface area contributed by atoms with E-state index in [4.69, 9.17) is 0 Å². The smallest absolute Gasteiger partial charge is 0.152 e. The lowest BCUT2D eigenvalue weighted by molar-refractivity contribution is 0.602. The van der Waals surface area contributed by atoms with E-state index >= 15 is 0 Å². The Balaban J connectivity index is 1.99. The predicted molar refractivity (Wildman–Crippen MR) is 68.9 cm³/mol. The average molecular weight is 257 g/mol. The Labute approximate surface area is 101 Å². The number of thioether (sulfide) groups is 1. The van der Waals surface area contributed by atoms with Gasteiger partial charge in [0.25, 0.3) is 0 Å². The third kappa shape index (κ3) is 2.92. The van der Waals surface area contributed by atoms with Crippen LogP contribution in [0.4, 0.5) is 5.69 Å². The molecule has 0 amide bonds. The first-order valence-corrected chi connectivity index (χ1v) is 8.25. The molecule has 1 heterocycles. The van der Waals surface area contributed by atoms with E-state index < -0.39 is 9.84 Å². The molecule has 1 unspecified atom stereocenters. The molecular weight excluding hydrogens is 242 g/mol.